The Labute approximate surface area is 224 Å². The zero-order valence-corrected chi connectivity index (χ0v) is 22.1. The molecule has 0 N–H and O–H groups in total. The highest BCUT2D eigenvalue weighted by atomic mass is 14.3. The van der Waals surface area contributed by atoms with E-state index in [0.717, 1.165) is 0 Å². The fourth-order valence-corrected chi connectivity index (χ4v) is 5.97. The summed E-state index contributed by atoms with van der Waals surface area (Å²) in [6.45, 7) is 7.01. The molecule has 7 aromatic carbocycles. The molecule has 0 heterocycles. The first-order chi connectivity index (χ1) is 18.5. The van der Waals surface area contributed by atoms with Crippen molar-refractivity contribution in [1.82, 2.24) is 0 Å². The lowest BCUT2D eigenvalue weighted by Gasteiger charge is -2.28. The molecule has 0 aromatic heterocycles. The lowest BCUT2D eigenvalue weighted by atomic mass is 9.76. The summed E-state index contributed by atoms with van der Waals surface area (Å²) in [5, 5.41) is 10.2. The molecule has 0 radical (unpaired) electrons. The van der Waals surface area contributed by atoms with E-state index in [1.54, 1.807) is 0 Å². The van der Waals surface area contributed by atoms with Crippen molar-refractivity contribution < 1.29 is 0 Å². The van der Waals surface area contributed by atoms with E-state index in [1.807, 2.05) is 0 Å². The summed E-state index contributed by atoms with van der Waals surface area (Å²) in [4.78, 5) is 0. The van der Waals surface area contributed by atoms with E-state index in [4.69, 9.17) is 0 Å². The van der Waals surface area contributed by atoms with Crippen molar-refractivity contribution in [3.63, 3.8) is 0 Å². The molecule has 0 atom stereocenters. The molecule has 0 aliphatic rings. The minimum absolute atomic E-state index is 0.0353. The summed E-state index contributed by atoms with van der Waals surface area (Å²) in [6, 6.07) is 47.2. The molecule has 0 aliphatic carbocycles. The van der Waals surface area contributed by atoms with E-state index in [2.05, 4.69) is 148 Å². The third-order valence-electron chi connectivity index (χ3n) is 7.89. The van der Waals surface area contributed by atoms with Crippen LogP contribution in [0.1, 0.15) is 26.3 Å². The van der Waals surface area contributed by atoms with Crippen molar-refractivity contribution in [2.75, 3.05) is 0 Å². The van der Waals surface area contributed by atoms with Crippen LogP contribution in [-0.2, 0) is 5.41 Å². The maximum atomic E-state index is 2.44. The van der Waals surface area contributed by atoms with Crippen LogP contribution < -0.4 is 0 Å². The van der Waals surface area contributed by atoms with Crippen molar-refractivity contribution in [2.24, 2.45) is 0 Å². The van der Waals surface area contributed by atoms with Gasteiger partial charge in [-0.3, -0.25) is 0 Å². The van der Waals surface area contributed by atoms with Gasteiger partial charge >= 0.3 is 0 Å². The van der Waals surface area contributed by atoms with Gasteiger partial charge in [-0.1, -0.05) is 118 Å². The van der Waals surface area contributed by atoms with Crippen LogP contribution in [0.5, 0.6) is 0 Å². The molecular weight excluding hydrogens is 456 g/mol. The van der Waals surface area contributed by atoms with Crippen LogP contribution in [0, 0.1) is 0 Å². The molecule has 0 bridgehead atoms. The minimum Gasteiger partial charge on any atom is -0.0616 e. The van der Waals surface area contributed by atoms with Gasteiger partial charge < -0.3 is 0 Å². The van der Waals surface area contributed by atoms with Crippen molar-refractivity contribution in [3.05, 3.63) is 133 Å². The highest BCUT2D eigenvalue weighted by Gasteiger charge is 2.25. The van der Waals surface area contributed by atoms with Gasteiger partial charge in [0.25, 0.3) is 0 Å². The Bertz CT molecular complexity index is 2000. The average Bonchev–Trinajstić information content (AvgIpc) is 2.94. The molecule has 0 aliphatic heterocycles. The van der Waals surface area contributed by atoms with Gasteiger partial charge in [0.05, 0.1) is 0 Å². The molecule has 0 spiro atoms. The first-order valence-corrected chi connectivity index (χ1v) is 13.4. The van der Waals surface area contributed by atoms with Gasteiger partial charge in [-0.25, -0.2) is 0 Å². The summed E-state index contributed by atoms with van der Waals surface area (Å²) < 4.78 is 0. The Kier molecular flexibility index (Phi) is 5.13. The quantitative estimate of drug-likeness (QED) is 0.213. The largest absolute Gasteiger partial charge is 0.0616 e. The van der Waals surface area contributed by atoms with Crippen LogP contribution in [0.15, 0.2) is 127 Å². The van der Waals surface area contributed by atoms with Crippen LogP contribution in [0.2, 0.25) is 0 Å². The maximum absolute atomic E-state index is 2.44. The van der Waals surface area contributed by atoms with E-state index >= 15 is 0 Å². The van der Waals surface area contributed by atoms with Gasteiger partial charge in [-0.05, 0) is 107 Å². The Morgan fingerprint density at radius 2 is 0.816 bits per heavy atom. The van der Waals surface area contributed by atoms with Crippen LogP contribution in [0.4, 0.5) is 0 Å². The molecule has 0 heteroatoms. The predicted octanol–water partition coefficient (Wildman–Crippen LogP) is 10.9. The van der Waals surface area contributed by atoms with Crippen molar-refractivity contribution >= 4 is 43.1 Å². The first-order valence-electron chi connectivity index (χ1n) is 13.4. The lowest BCUT2D eigenvalue weighted by Crippen LogP contribution is -2.14. The van der Waals surface area contributed by atoms with Gasteiger partial charge in [0, 0.05) is 0 Å². The fraction of sp³-hybridized carbons (Fsp3) is 0.105. The van der Waals surface area contributed by atoms with Crippen LogP contribution in [-0.4, -0.2) is 0 Å². The summed E-state index contributed by atoms with van der Waals surface area (Å²) in [6.07, 6.45) is 0. The van der Waals surface area contributed by atoms with Crippen LogP contribution in [0.25, 0.3) is 65.3 Å². The summed E-state index contributed by atoms with van der Waals surface area (Å²) in [7, 11) is 0. The van der Waals surface area contributed by atoms with E-state index in [-0.39, 0.29) is 5.41 Å². The standard InChI is InChI=1S/C38H30/c1-38(2,3)35-24-33-22-29-14-8-9-15-30(29)23-34(33)36(31-18-16-25-10-4-6-12-27(25)20-31)37(35)32-19-17-26-11-5-7-13-28(26)21-32/h4-24H,1-3H3. The van der Waals surface area contributed by atoms with Crippen LogP contribution >= 0.6 is 0 Å². The molecule has 182 valence electrons. The van der Waals surface area contributed by atoms with Gasteiger partial charge in [0.15, 0.2) is 0 Å². The normalized spacial score (nSPS) is 12.1. The third kappa shape index (κ3) is 3.76. The summed E-state index contributed by atoms with van der Waals surface area (Å²) >= 11 is 0. The van der Waals surface area contributed by atoms with E-state index in [0.29, 0.717) is 0 Å². The number of hydrogen-bond acceptors (Lipinski definition) is 0. The predicted molar refractivity (Wildman–Crippen MR) is 166 cm³/mol. The molecule has 0 unspecified atom stereocenters. The Hall–Kier alpha value is -4.42. The van der Waals surface area contributed by atoms with Gasteiger partial charge in [0.2, 0.25) is 0 Å². The van der Waals surface area contributed by atoms with Crippen molar-refractivity contribution in [3.8, 4) is 22.3 Å². The molecule has 0 amide bonds. The molecule has 0 nitrogen and oxygen atoms in total. The zero-order valence-electron chi connectivity index (χ0n) is 22.1. The first kappa shape index (κ1) is 22.8. The van der Waals surface area contributed by atoms with E-state index in [1.165, 1.54) is 70.9 Å². The van der Waals surface area contributed by atoms with Crippen LogP contribution in [0.3, 0.4) is 0 Å². The molecule has 0 saturated heterocycles. The highest BCUT2D eigenvalue weighted by molar-refractivity contribution is 6.11. The molecule has 7 aromatic rings. The molecule has 7 rings (SSSR count). The Balaban J connectivity index is 1.67. The second-order valence-corrected chi connectivity index (χ2v) is 11.5. The van der Waals surface area contributed by atoms with E-state index in [9.17, 15) is 0 Å². The SMILES string of the molecule is CC(C)(C)c1cc2cc3ccccc3cc2c(-c2ccc3ccccc3c2)c1-c1ccc2ccccc2c1. The number of hydrogen-bond donors (Lipinski definition) is 0. The second kappa shape index (κ2) is 8.57. The summed E-state index contributed by atoms with van der Waals surface area (Å²) in [5.41, 5.74) is 6.52. The van der Waals surface area contributed by atoms with Crippen molar-refractivity contribution in [2.45, 2.75) is 26.2 Å². The Morgan fingerprint density at radius 1 is 0.368 bits per heavy atom. The number of fused-ring (bicyclic) bond motifs is 4. The lowest BCUT2D eigenvalue weighted by molar-refractivity contribution is 0.593. The molecule has 0 saturated carbocycles. The van der Waals surface area contributed by atoms with Gasteiger partial charge in [-0.15, -0.1) is 0 Å². The molecule has 0 fully saturated rings. The highest BCUT2D eigenvalue weighted by Crippen LogP contribution is 2.46. The van der Waals surface area contributed by atoms with Crippen molar-refractivity contribution in [1.29, 1.82) is 0 Å². The third-order valence-corrected chi connectivity index (χ3v) is 7.89. The fourth-order valence-electron chi connectivity index (χ4n) is 5.97. The van der Waals surface area contributed by atoms with E-state index < -0.39 is 0 Å². The summed E-state index contributed by atoms with van der Waals surface area (Å²) in [5.74, 6) is 0. The average molecular weight is 487 g/mol. The molecule has 38 heavy (non-hydrogen) atoms. The molecular formula is C38H30. The second-order valence-electron chi connectivity index (χ2n) is 11.5. The number of benzene rings is 7. The number of rotatable bonds is 2. The van der Waals surface area contributed by atoms with Gasteiger partial charge in [-0.2, -0.15) is 0 Å². The maximum Gasteiger partial charge on any atom is -0.00234 e. The topological polar surface area (TPSA) is 0 Å². The smallest absolute Gasteiger partial charge is 0.00234 e. The van der Waals surface area contributed by atoms with Gasteiger partial charge in [0.1, 0.15) is 0 Å². The zero-order chi connectivity index (χ0) is 25.9. The monoisotopic (exact) mass is 486 g/mol. The minimum atomic E-state index is -0.0353. The Morgan fingerprint density at radius 3 is 1.34 bits per heavy atom.